The Kier molecular flexibility index (Phi) is 3.65. The van der Waals surface area contributed by atoms with E-state index in [0.717, 1.165) is 11.3 Å². The van der Waals surface area contributed by atoms with Gasteiger partial charge in [-0.2, -0.15) is 4.98 Å². The van der Waals surface area contributed by atoms with E-state index in [1.165, 1.54) is 0 Å². The second-order valence-corrected chi connectivity index (χ2v) is 5.04. The number of amides is 1. The van der Waals surface area contributed by atoms with Crippen molar-refractivity contribution < 1.29 is 4.79 Å². The minimum Gasteiger partial charge on any atom is -0.369 e. The molecule has 0 radical (unpaired) electrons. The molecule has 0 saturated heterocycles. The average molecular weight is 306 g/mol. The second kappa shape index (κ2) is 5.77. The normalized spacial score (nSPS) is 10.4. The molecule has 0 bridgehead atoms. The number of nitrogens with two attached hydrogens (primary N) is 1. The number of aryl methyl sites for hydroxylation is 1. The van der Waals surface area contributed by atoms with E-state index in [4.69, 9.17) is 12.2 Å². The predicted molar refractivity (Wildman–Crippen MR) is 86.9 cm³/mol. The van der Waals surface area contributed by atoms with Crippen LogP contribution < -0.4 is 11.1 Å². The summed E-state index contributed by atoms with van der Waals surface area (Å²) < 4.78 is 1.78. The van der Waals surface area contributed by atoms with Crippen LogP contribution in [0.4, 0.5) is 11.6 Å². The van der Waals surface area contributed by atoms with E-state index in [9.17, 15) is 4.79 Å². The minimum atomic E-state index is -0.386. The van der Waals surface area contributed by atoms with Gasteiger partial charge in [-0.1, -0.05) is 12.1 Å². The molecule has 23 heavy (non-hydrogen) atoms. The van der Waals surface area contributed by atoms with Gasteiger partial charge in [0.2, 0.25) is 11.9 Å². The number of carbonyl (C=O) groups excluding carboxylic acids is 1. The van der Waals surface area contributed by atoms with Gasteiger partial charge < -0.3 is 15.6 Å². The van der Waals surface area contributed by atoms with Gasteiger partial charge in [-0.05, 0) is 23.6 Å². The first-order valence-electron chi connectivity index (χ1n) is 6.87. The smallest absolute Gasteiger partial charge is 0.230 e. The Bertz CT molecular complexity index is 937. The Labute approximate surface area is 132 Å². The molecule has 0 aliphatic rings. The Morgan fingerprint density at radius 1 is 1.43 bits per heavy atom. The van der Waals surface area contributed by atoms with Crippen LogP contribution in [-0.2, 0) is 18.3 Å². The number of hydrogen-bond donors (Lipinski definition) is 2. The number of nitrogens with zero attached hydrogens (tertiary/aromatic N) is 4. The molecule has 0 aliphatic heterocycles. The number of fused-ring (bicyclic) bond motifs is 1. The van der Waals surface area contributed by atoms with Crippen LogP contribution in [0.15, 0.2) is 30.6 Å². The molecule has 3 rings (SSSR count). The van der Waals surface area contributed by atoms with Crippen LogP contribution in [0.1, 0.15) is 11.3 Å². The topological polar surface area (TPSA) is 98.7 Å². The highest BCUT2D eigenvalue weighted by molar-refractivity contribution is 5.79. The van der Waals surface area contributed by atoms with E-state index in [0.29, 0.717) is 22.8 Å². The van der Waals surface area contributed by atoms with Crippen molar-refractivity contribution in [3.63, 3.8) is 0 Å². The highest BCUT2D eigenvalue weighted by Gasteiger charge is 2.11. The second-order valence-electron chi connectivity index (χ2n) is 5.04. The fraction of sp³-hybridized carbons (Fsp3) is 0.125. The molecule has 0 atom stereocenters. The van der Waals surface area contributed by atoms with Crippen LogP contribution in [-0.4, -0.2) is 25.4 Å². The van der Waals surface area contributed by atoms with Crippen molar-refractivity contribution in [3.05, 3.63) is 41.9 Å². The number of anilines is 2. The molecule has 3 aromatic rings. The summed E-state index contributed by atoms with van der Waals surface area (Å²) in [6.07, 6.45) is 7.33. The molecule has 7 heteroatoms. The van der Waals surface area contributed by atoms with Crippen LogP contribution in [0.5, 0.6) is 0 Å². The molecule has 7 nitrogen and oxygen atoms in total. The van der Waals surface area contributed by atoms with Crippen molar-refractivity contribution in [2.45, 2.75) is 6.42 Å². The Hall–Kier alpha value is -3.40. The first-order valence-corrected chi connectivity index (χ1v) is 6.87. The van der Waals surface area contributed by atoms with E-state index in [2.05, 4.69) is 26.2 Å². The maximum absolute atomic E-state index is 11.0. The number of aromatic nitrogens is 4. The summed E-state index contributed by atoms with van der Waals surface area (Å²) >= 11 is 0. The van der Waals surface area contributed by atoms with E-state index >= 15 is 0 Å². The predicted octanol–water partition coefficient (Wildman–Crippen LogP) is 1.12. The van der Waals surface area contributed by atoms with Crippen molar-refractivity contribution >= 4 is 28.7 Å². The number of imidazole rings is 1. The Morgan fingerprint density at radius 3 is 3.00 bits per heavy atom. The molecule has 2 aromatic heterocycles. The quantitative estimate of drug-likeness (QED) is 0.704. The van der Waals surface area contributed by atoms with Crippen molar-refractivity contribution in [2.75, 3.05) is 5.32 Å². The van der Waals surface area contributed by atoms with E-state index in [1.54, 1.807) is 10.9 Å². The van der Waals surface area contributed by atoms with Crippen molar-refractivity contribution in [3.8, 4) is 12.3 Å². The third-order valence-electron chi connectivity index (χ3n) is 3.27. The zero-order valence-corrected chi connectivity index (χ0v) is 12.4. The monoisotopic (exact) mass is 306 g/mol. The lowest BCUT2D eigenvalue weighted by molar-refractivity contribution is -0.117. The summed E-state index contributed by atoms with van der Waals surface area (Å²) in [6.45, 7) is 0. The molecule has 114 valence electrons. The van der Waals surface area contributed by atoms with Gasteiger partial charge >= 0.3 is 0 Å². The van der Waals surface area contributed by atoms with Gasteiger partial charge in [-0.25, -0.2) is 9.97 Å². The van der Waals surface area contributed by atoms with Gasteiger partial charge in [-0.3, -0.25) is 4.79 Å². The maximum atomic E-state index is 11.0. The molecule has 0 spiro atoms. The minimum absolute atomic E-state index is 0.172. The lowest BCUT2D eigenvalue weighted by Crippen LogP contribution is -2.13. The summed E-state index contributed by atoms with van der Waals surface area (Å²) in [5.74, 6) is 2.51. The summed E-state index contributed by atoms with van der Waals surface area (Å²) in [5, 5.41) is 3.07. The largest absolute Gasteiger partial charge is 0.369 e. The Morgan fingerprint density at radius 2 is 2.26 bits per heavy atom. The van der Waals surface area contributed by atoms with Gasteiger partial charge in [0.15, 0.2) is 5.65 Å². The van der Waals surface area contributed by atoms with Crippen molar-refractivity contribution in [1.82, 2.24) is 19.5 Å². The van der Waals surface area contributed by atoms with E-state index in [1.807, 2.05) is 31.3 Å². The van der Waals surface area contributed by atoms with E-state index in [-0.39, 0.29) is 12.3 Å². The highest BCUT2D eigenvalue weighted by atomic mass is 16.1. The first-order chi connectivity index (χ1) is 11.1. The number of terminal acetylenes is 1. The van der Waals surface area contributed by atoms with E-state index < -0.39 is 0 Å². The number of carbonyl (C=O) groups is 1. The number of nitrogens with one attached hydrogen (secondary N) is 1. The molecular formula is C16H14N6O. The third-order valence-corrected chi connectivity index (χ3v) is 3.27. The number of benzene rings is 1. The molecule has 1 aromatic carbocycles. The SMILES string of the molecule is C#Cc1nc(Nc2cccc(CC(N)=O)c2)nc2ncn(C)c12. The van der Waals surface area contributed by atoms with Crippen LogP contribution in [0.2, 0.25) is 0 Å². The van der Waals surface area contributed by atoms with Crippen molar-refractivity contribution in [2.24, 2.45) is 12.8 Å². The van der Waals surface area contributed by atoms with Crippen LogP contribution in [0, 0.1) is 12.3 Å². The average Bonchev–Trinajstić information content (AvgIpc) is 2.87. The van der Waals surface area contributed by atoms with Crippen LogP contribution in [0.3, 0.4) is 0 Å². The van der Waals surface area contributed by atoms with Gasteiger partial charge in [0.25, 0.3) is 0 Å². The van der Waals surface area contributed by atoms with Gasteiger partial charge in [-0.15, -0.1) is 6.42 Å². The summed E-state index contributed by atoms with van der Waals surface area (Å²) in [6, 6.07) is 7.30. The molecule has 0 fully saturated rings. The van der Waals surface area contributed by atoms with Gasteiger partial charge in [0, 0.05) is 12.7 Å². The number of rotatable bonds is 4. The highest BCUT2D eigenvalue weighted by Crippen LogP contribution is 2.19. The first kappa shape index (κ1) is 14.5. The molecule has 3 N–H and O–H groups in total. The standard InChI is InChI=1S/C16H14N6O/c1-3-12-14-15(18-9-22(14)2)21-16(20-12)19-11-6-4-5-10(7-11)8-13(17)23/h1,4-7,9H,8H2,2H3,(H2,17,23)(H,19,20,21). The number of primary amides is 1. The molecule has 0 unspecified atom stereocenters. The molecule has 0 saturated carbocycles. The van der Waals surface area contributed by atoms with Crippen LogP contribution in [0.25, 0.3) is 11.2 Å². The van der Waals surface area contributed by atoms with Crippen molar-refractivity contribution in [1.29, 1.82) is 0 Å². The molecular weight excluding hydrogens is 292 g/mol. The number of hydrogen-bond acceptors (Lipinski definition) is 5. The fourth-order valence-corrected chi connectivity index (χ4v) is 2.30. The zero-order chi connectivity index (χ0) is 16.4. The van der Waals surface area contributed by atoms with Gasteiger partial charge in [0.1, 0.15) is 11.2 Å². The molecule has 0 aliphatic carbocycles. The summed E-state index contributed by atoms with van der Waals surface area (Å²) in [7, 11) is 1.83. The molecule has 1 amide bonds. The summed E-state index contributed by atoms with van der Waals surface area (Å²) in [5.41, 5.74) is 8.45. The molecule has 2 heterocycles. The third kappa shape index (κ3) is 2.96. The lowest BCUT2D eigenvalue weighted by Gasteiger charge is -2.07. The van der Waals surface area contributed by atoms with Gasteiger partial charge in [0.05, 0.1) is 12.7 Å². The summed E-state index contributed by atoms with van der Waals surface area (Å²) in [4.78, 5) is 23.9. The fourth-order valence-electron chi connectivity index (χ4n) is 2.30. The van der Waals surface area contributed by atoms with Crippen LogP contribution >= 0.6 is 0 Å². The maximum Gasteiger partial charge on any atom is 0.230 e. The zero-order valence-electron chi connectivity index (χ0n) is 12.4. The lowest BCUT2D eigenvalue weighted by atomic mass is 10.1. The Balaban J connectivity index is 1.96.